The van der Waals surface area contributed by atoms with Gasteiger partial charge in [-0.05, 0) is 61.6 Å². The van der Waals surface area contributed by atoms with Crippen LogP contribution in [-0.4, -0.2) is 49.2 Å². The van der Waals surface area contributed by atoms with E-state index in [0.717, 1.165) is 43.7 Å². The summed E-state index contributed by atoms with van der Waals surface area (Å²) in [5, 5.41) is 16.0. The van der Waals surface area contributed by atoms with Crippen molar-refractivity contribution in [3.8, 4) is 11.5 Å². The van der Waals surface area contributed by atoms with Crippen LogP contribution in [0.2, 0.25) is 0 Å². The Morgan fingerprint density at radius 3 is 2.53 bits per heavy atom. The first kappa shape index (κ1) is 22.5. The summed E-state index contributed by atoms with van der Waals surface area (Å²) < 4.78 is 19.3. The van der Waals surface area contributed by atoms with Crippen LogP contribution < -0.4 is 14.8 Å². The number of rotatable bonds is 4. The smallest absolute Gasteiger partial charge is 0.165 e. The maximum atomic E-state index is 12.1. The van der Waals surface area contributed by atoms with Gasteiger partial charge in [0.05, 0.1) is 12.7 Å². The highest BCUT2D eigenvalue weighted by Crippen LogP contribution is 2.72. The molecule has 7 atom stereocenters. The predicted molar refractivity (Wildman–Crippen MR) is 126 cm³/mol. The summed E-state index contributed by atoms with van der Waals surface area (Å²) in [5.41, 5.74) is 0.681. The van der Waals surface area contributed by atoms with Crippen molar-refractivity contribution in [3.63, 3.8) is 0 Å². The van der Waals surface area contributed by atoms with E-state index in [2.05, 4.69) is 52.1 Å². The van der Waals surface area contributed by atoms with E-state index in [1.54, 1.807) is 7.11 Å². The minimum absolute atomic E-state index is 0.0579. The van der Waals surface area contributed by atoms with Gasteiger partial charge >= 0.3 is 0 Å². The molecule has 7 unspecified atom stereocenters. The number of hydrogen-bond donors (Lipinski definition) is 2. The molecule has 5 heteroatoms. The molecule has 1 aromatic carbocycles. The second-order valence-electron chi connectivity index (χ2n) is 12.1. The van der Waals surface area contributed by atoms with E-state index in [1.165, 1.54) is 11.1 Å². The SMILES string of the molecule is CCC1(OC)C(C(C)(O)C(C)(C)C)CC2(C)C3Cc4ccc(OC)c5c4C2(CCN3)C1O5. The highest BCUT2D eigenvalue weighted by Gasteiger charge is 2.77. The molecule has 0 aromatic heterocycles. The van der Waals surface area contributed by atoms with E-state index in [0.29, 0.717) is 6.04 Å². The first-order valence-corrected chi connectivity index (χ1v) is 12.3. The average molecular weight is 444 g/mol. The summed E-state index contributed by atoms with van der Waals surface area (Å²) in [7, 11) is 3.55. The third kappa shape index (κ3) is 2.31. The number of ether oxygens (including phenoxy) is 3. The van der Waals surface area contributed by atoms with E-state index in [4.69, 9.17) is 14.2 Å². The maximum Gasteiger partial charge on any atom is 0.165 e. The third-order valence-corrected chi connectivity index (χ3v) is 10.5. The molecule has 5 rings (SSSR count). The van der Waals surface area contributed by atoms with Gasteiger partial charge in [0.25, 0.3) is 0 Å². The Morgan fingerprint density at radius 2 is 1.94 bits per heavy atom. The van der Waals surface area contributed by atoms with Crippen molar-refractivity contribution in [1.82, 2.24) is 5.32 Å². The van der Waals surface area contributed by atoms with Gasteiger partial charge in [-0.15, -0.1) is 0 Å². The van der Waals surface area contributed by atoms with Crippen molar-refractivity contribution < 1.29 is 19.3 Å². The summed E-state index contributed by atoms with van der Waals surface area (Å²) in [6.07, 6.45) is 3.50. The zero-order valence-electron chi connectivity index (χ0n) is 21.1. The van der Waals surface area contributed by atoms with Gasteiger partial charge in [0.15, 0.2) is 11.5 Å². The molecule has 0 amide bonds. The molecule has 178 valence electrons. The summed E-state index contributed by atoms with van der Waals surface area (Å²) in [5.74, 6) is 1.65. The fraction of sp³-hybridized carbons (Fsp3) is 0.778. The van der Waals surface area contributed by atoms with Crippen LogP contribution in [0.15, 0.2) is 12.1 Å². The minimum atomic E-state index is -0.930. The largest absolute Gasteiger partial charge is 0.493 e. The van der Waals surface area contributed by atoms with Crippen LogP contribution in [0.3, 0.4) is 0 Å². The lowest BCUT2D eigenvalue weighted by atomic mass is 9.38. The molecule has 2 aliphatic carbocycles. The molecule has 1 saturated carbocycles. The fourth-order valence-corrected chi connectivity index (χ4v) is 8.16. The molecule has 1 saturated heterocycles. The molecule has 4 aliphatic rings. The van der Waals surface area contributed by atoms with E-state index < -0.39 is 11.2 Å². The Kier molecular flexibility index (Phi) is 4.67. The summed E-state index contributed by atoms with van der Waals surface area (Å²) in [6, 6.07) is 4.64. The lowest BCUT2D eigenvalue weighted by Gasteiger charge is -2.69. The lowest BCUT2D eigenvalue weighted by Crippen LogP contribution is -2.79. The Labute approximate surface area is 193 Å². The molecule has 0 radical (unpaired) electrons. The molecule has 5 nitrogen and oxygen atoms in total. The van der Waals surface area contributed by atoms with Crippen LogP contribution in [0.1, 0.15) is 71.9 Å². The van der Waals surface area contributed by atoms with Crippen molar-refractivity contribution in [1.29, 1.82) is 0 Å². The Bertz CT molecular complexity index is 930. The molecule has 2 fully saturated rings. The highest BCUT2D eigenvalue weighted by molar-refractivity contribution is 5.63. The Balaban J connectivity index is 1.82. The van der Waals surface area contributed by atoms with Crippen molar-refractivity contribution in [2.24, 2.45) is 16.7 Å². The molecule has 2 bridgehead atoms. The maximum absolute atomic E-state index is 12.1. The summed E-state index contributed by atoms with van der Waals surface area (Å²) in [4.78, 5) is 0. The van der Waals surface area contributed by atoms with Crippen molar-refractivity contribution >= 4 is 0 Å². The standard InChI is InChI=1S/C27H41NO4/c1-9-27(31-8)18(25(6,29)23(2,3)4)15-24(5)19-14-16-10-11-17(30-7)21-20(16)26(24,12-13-28-19)22(27)32-21/h10-11,18-19,22,28-29H,9,12-15H2,1-8H3. The second kappa shape index (κ2) is 6.64. The number of benzene rings is 1. The van der Waals surface area contributed by atoms with Gasteiger partial charge in [-0.25, -0.2) is 0 Å². The summed E-state index contributed by atoms with van der Waals surface area (Å²) >= 11 is 0. The quantitative estimate of drug-likeness (QED) is 0.729. The van der Waals surface area contributed by atoms with Crippen LogP contribution in [-0.2, 0) is 16.6 Å². The van der Waals surface area contributed by atoms with E-state index >= 15 is 0 Å². The minimum Gasteiger partial charge on any atom is -0.493 e. The van der Waals surface area contributed by atoms with E-state index in [-0.39, 0.29) is 28.3 Å². The predicted octanol–water partition coefficient (Wildman–Crippen LogP) is 4.23. The fourth-order valence-electron chi connectivity index (χ4n) is 8.16. The van der Waals surface area contributed by atoms with Gasteiger partial charge < -0.3 is 24.6 Å². The van der Waals surface area contributed by atoms with Gasteiger partial charge in [-0.2, -0.15) is 0 Å². The van der Waals surface area contributed by atoms with Crippen LogP contribution in [0, 0.1) is 16.7 Å². The summed E-state index contributed by atoms with van der Waals surface area (Å²) in [6.45, 7) is 14.0. The van der Waals surface area contributed by atoms with Crippen molar-refractivity contribution in [3.05, 3.63) is 23.3 Å². The topological polar surface area (TPSA) is 60.0 Å². The van der Waals surface area contributed by atoms with Gasteiger partial charge in [0.2, 0.25) is 0 Å². The first-order chi connectivity index (χ1) is 14.9. The Morgan fingerprint density at radius 1 is 1.22 bits per heavy atom. The lowest BCUT2D eigenvalue weighted by molar-refractivity contribution is -0.269. The van der Waals surface area contributed by atoms with Crippen molar-refractivity contribution in [2.45, 2.75) is 96.0 Å². The average Bonchev–Trinajstić information content (AvgIpc) is 3.08. The molecule has 2 N–H and O–H groups in total. The van der Waals surface area contributed by atoms with Crippen molar-refractivity contribution in [2.75, 3.05) is 20.8 Å². The van der Waals surface area contributed by atoms with Gasteiger partial charge in [0.1, 0.15) is 11.7 Å². The monoisotopic (exact) mass is 443 g/mol. The third-order valence-electron chi connectivity index (χ3n) is 10.5. The number of aliphatic hydroxyl groups is 1. The molecule has 1 spiro atoms. The van der Waals surface area contributed by atoms with E-state index in [1.807, 2.05) is 14.0 Å². The normalized spacial score (nSPS) is 41.5. The molecular formula is C27H41NO4. The number of methoxy groups -OCH3 is 2. The van der Waals surface area contributed by atoms with Crippen LogP contribution in [0.4, 0.5) is 0 Å². The second-order valence-corrected chi connectivity index (χ2v) is 12.1. The van der Waals surface area contributed by atoms with Crippen LogP contribution >= 0.6 is 0 Å². The molecule has 1 aromatic rings. The number of hydrogen-bond acceptors (Lipinski definition) is 5. The van der Waals surface area contributed by atoms with Gasteiger partial charge in [0, 0.05) is 30.0 Å². The van der Waals surface area contributed by atoms with Gasteiger partial charge in [-0.3, -0.25) is 0 Å². The molecule has 2 heterocycles. The highest BCUT2D eigenvalue weighted by atomic mass is 16.6. The van der Waals surface area contributed by atoms with Crippen LogP contribution in [0.25, 0.3) is 0 Å². The number of piperidine rings is 1. The van der Waals surface area contributed by atoms with E-state index in [9.17, 15) is 5.11 Å². The Hall–Kier alpha value is -1.30. The molecule has 32 heavy (non-hydrogen) atoms. The zero-order valence-corrected chi connectivity index (χ0v) is 21.1. The first-order valence-electron chi connectivity index (χ1n) is 12.3. The molecular weight excluding hydrogens is 402 g/mol. The molecule has 2 aliphatic heterocycles. The number of nitrogens with one attached hydrogen (secondary N) is 1. The van der Waals surface area contributed by atoms with Gasteiger partial charge in [-0.1, -0.05) is 40.7 Å². The zero-order chi connectivity index (χ0) is 23.3. The van der Waals surface area contributed by atoms with Crippen LogP contribution in [0.5, 0.6) is 11.5 Å².